The molecule has 0 fully saturated rings. The molecule has 0 bridgehead atoms. The number of hydrogen-bond donors (Lipinski definition) is 1. The molecule has 116 valence electrons. The second kappa shape index (κ2) is 7.36. The molecular weight excluding hydrogens is 282 g/mol. The summed E-state index contributed by atoms with van der Waals surface area (Å²) in [5.41, 5.74) is 1.09. The van der Waals surface area contributed by atoms with Gasteiger partial charge in [0.25, 0.3) is 5.91 Å². The van der Waals surface area contributed by atoms with Gasteiger partial charge in [-0.1, -0.05) is 0 Å². The molecule has 0 radical (unpaired) electrons. The molecule has 0 unspecified atom stereocenters. The molecule has 1 N–H and O–H groups in total. The van der Waals surface area contributed by atoms with Crippen molar-refractivity contribution >= 4 is 11.6 Å². The molecule has 22 heavy (non-hydrogen) atoms. The Morgan fingerprint density at radius 3 is 2.27 bits per heavy atom. The summed E-state index contributed by atoms with van der Waals surface area (Å²) in [6.45, 7) is 2.53. The Bertz CT molecular complexity index is 638. The fraction of sp³-hybridized carbons (Fsp3) is 0.235. The maximum Gasteiger partial charge on any atom is 0.259 e. The molecule has 0 spiro atoms. The van der Waals surface area contributed by atoms with Crippen molar-refractivity contribution in [1.82, 2.24) is 0 Å². The molecule has 0 saturated heterocycles. The maximum absolute atomic E-state index is 12.4. The highest BCUT2D eigenvalue weighted by Gasteiger charge is 2.14. The van der Waals surface area contributed by atoms with E-state index in [1.807, 2.05) is 19.1 Å². The zero-order chi connectivity index (χ0) is 15.9. The second-order valence-electron chi connectivity index (χ2n) is 4.48. The Balaban J connectivity index is 2.17. The highest BCUT2D eigenvalue weighted by atomic mass is 16.5. The molecule has 2 aromatic carbocycles. The van der Waals surface area contributed by atoms with Gasteiger partial charge in [0.15, 0.2) is 0 Å². The lowest BCUT2D eigenvalue weighted by Crippen LogP contribution is -2.13. The summed E-state index contributed by atoms with van der Waals surface area (Å²) in [7, 11) is 3.07. The lowest BCUT2D eigenvalue weighted by molar-refractivity contribution is 0.102. The van der Waals surface area contributed by atoms with Crippen LogP contribution in [-0.2, 0) is 0 Å². The van der Waals surface area contributed by atoms with Crippen LogP contribution in [0.3, 0.4) is 0 Å². The van der Waals surface area contributed by atoms with Crippen molar-refractivity contribution < 1.29 is 19.0 Å². The highest BCUT2D eigenvalue weighted by molar-refractivity contribution is 6.06. The number of benzene rings is 2. The van der Waals surface area contributed by atoms with E-state index < -0.39 is 0 Å². The van der Waals surface area contributed by atoms with E-state index in [1.165, 1.54) is 7.11 Å². The second-order valence-corrected chi connectivity index (χ2v) is 4.48. The fourth-order valence-electron chi connectivity index (χ4n) is 1.99. The monoisotopic (exact) mass is 301 g/mol. The van der Waals surface area contributed by atoms with Crippen molar-refractivity contribution in [2.24, 2.45) is 0 Å². The Morgan fingerprint density at radius 1 is 1.00 bits per heavy atom. The molecule has 0 saturated carbocycles. The molecule has 1 amide bonds. The zero-order valence-electron chi connectivity index (χ0n) is 12.9. The van der Waals surface area contributed by atoms with Gasteiger partial charge in [0, 0.05) is 5.69 Å². The third-order valence-electron chi connectivity index (χ3n) is 3.07. The van der Waals surface area contributed by atoms with Crippen LogP contribution < -0.4 is 19.5 Å². The highest BCUT2D eigenvalue weighted by Crippen LogP contribution is 2.25. The van der Waals surface area contributed by atoms with Crippen molar-refractivity contribution in [3.63, 3.8) is 0 Å². The summed E-state index contributed by atoms with van der Waals surface area (Å²) in [4.78, 5) is 12.4. The van der Waals surface area contributed by atoms with Gasteiger partial charge in [0.2, 0.25) is 0 Å². The van der Waals surface area contributed by atoms with Crippen molar-refractivity contribution in [2.45, 2.75) is 6.92 Å². The van der Waals surface area contributed by atoms with Gasteiger partial charge < -0.3 is 19.5 Å². The molecule has 0 aromatic heterocycles. The first kappa shape index (κ1) is 15.7. The first-order chi connectivity index (χ1) is 10.7. The van der Waals surface area contributed by atoms with E-state index in [1.54, 1.807) is 37.4 Å². The standard InChI is InChI=1S/C17H19NO4/c1-4-22-13-7-5-12(6-8-13)18-17(19)15-11-14(20-2)9-10-16(15)21-3/h5-11H,4H2,1-3H3,(H,18,19). The average Bonchev–Trinajstić information content (AvgIpc) is 2.56. The smallest absolute Gasteiger partial charge is 0.259 e. The van der Waals surface area contributed by atoms with Gasteiger partial charge in [-0.3, -0.25) is 4.79 Å². The molecule has 0 aliphatic carbocycles. The summed E-state index contributed by atoms with van der Waals surface area (Å²) in [5.74, 6) is 1.58. The van der Waals surface area contributed by atoms with E-state index in [2.05, 4.69) is 5.32 Å². The number of amides is 1. The SMILES string of the molecule is CCOc1ccc(NC(=O)c2cc(OC)ccc2OC)cc1. The van der Waals surface area contributed by atoms with Crippen LogP contribution in [0.2, 0.25) is 0 Å². The molecule has 0 aliphatic rings. The number of rotatable bonds is 6. The zero-order valence-corrected chi connectivity index (χ0v) is 12.9. The van der Waals surface area contributed by atoms with Crippen molar-refractivity contribution in [3.8, 4) is 17.2 Å². The van der Waals surface area contributed by atoms with Gasteiger partial charge in [-0.25, -0.2) is 0 Å². The summed E-state index contributed by atoms with van der Waals surface area (Å²) in [6.07, 6.45) is 0. The number of ether oxygens (including phenoxy) is 3. The number of carbonyl (C=O) groups excluding carboxylic acids is 1. The van der Waals surface area contributed by atoms with Gasteiger partial charge in [-0.2, -0.15) is 0 Å². The topological polar surface area (TPSA) is 56.8 Å². The Hall–Kier alpha value is -2.69. The Morgan fingerprint density at radius 2 is 1.68 bits per heavy atom. The third kappa shape index (κ3) is 3.69. The molecule has 5 nitrogen and oxygen atoms in total. The minimum Gasteiger partial charge on any atom is -0.497 e. The van der Waals surface area contributed by atoms with E-state index >= 15 is 0 Å². The number of methoxy groups -OCH3 is 2. The van der Waals surface area contributed by atoms with Gasteiger partial charge in [-0.15, -0.1) is 0 Å². The summed E-state index contributed by atoms with van der Waals surface area (Å²) >= 11 is 0. The number of carbonyl (C=O) groups is 1. The van der Waals surface area contributed by atoms with Gasteiger partial charge >= 0.3 is 0 Å². The van der Waals surface area contributed by atoms with E-state index in [0.717, 1.165) is 5.75 Å². The summed E-state index contributed by atoms with van der Waals surface area (Å²) in [5, 5.41) is 2.82. The van der Waals surface area contributed by atoms with Crippen molar-refractivity contribution in [2.75, 3.05) is 26.1 Å². The van der Waals surface area contributed by atoms with Gasteiger partial charge in [0.1, 0.15) is 17.2 Å². The fourth-order valence-corrected chi connectivity index (χ4v) is 1.99. The molecule has 0 heterocycles. The predicted molar refractivity (Wildman–Crippen MR) is 85.1 cm³/mol. The first-order valence-corrected chi connectivity index (χ1v) is 6.94. The number of nitrogens with one attached hydrogen (secondary N) is 1. The van der Waals surface area contributed by atoms with Crippen LogP contribution >= 0.6 is 0 Å². The van der Waals surface area contributed by atoms with Crippen molar-refractivity contribution in [3.05, 3.63) is 48.0 Å². The quantitative estimate of drug-likeness (QED) is 0.889. The average molecular weight is 301 g/mol. The van der Waals surface area contributed by atoms with E-state index in [-0.39, 0.29) is 5.91 Å². The lowest BCUT2D eigenvalue weighted by Gasteiger charge is -2.11. The molecule has 2 aromatic rings. The summed E-state index contributed by atoms with van der Waals surface area (Å²) in [6, 6.07) is 12.3. The summed E-state index contributed by atoms with van der Waals surface area (Å²) < 4.78 is 15.7. The first-order valence-electron chi connectivity index (χ1n) is 6.94. The van der Waals surface area contributed by atoms with Crippen LogP contribution in [0.5, 0.6) is 17.2 Å². The maximum atomic E-state index is 12.4. The van der Waals surface area contributed by atoms with Crippen molar-refractivity contribution in [1.29, 1.82) is 0 Å². The van der Waals surface area contributed by atoms with Crippen LogP contribution in [0.1, 0.15) is 17.3 Å². The largest absolute Gasteiger partial charge is 0.497 e. The normalized spacial score (nSPS) is 9.95. The third-order valence-corrected chi connectivity index (χ3v) is 3.07. The van der Waals surface area contributed by atoms with E-state index in [4.69, 9.17) is 14.2 Å². The number of hydrogen-bond acceptors (Lipinski definition) is 4. The number of anilines is 1. The minimum absolute atomic E-state index is 0.264. The molecular formula is C17H19NO4. The molecule has 2 rings (SSSR count). The lowest BCUT2D eigenvalue weighted by atomic mass is 10.1. The van der Waals surface area contributed by atoms with Gasteiger partial charge in [0.05, 0.1) is 26.4 Å². The van der Waals surface area contributed by atoms with Crippen LogP contribution in [0.25, 0.3) is 0 Å². The molecule has 0 atom stereocenters. The van der Waals surface area contributed by atoms with Crippen LogP contribution in [0.15, 0.2) is 42.5 Å². The molecule has 5 heteroatoms. The Labute approximate surface area is 129 Å². The van der Waals surface area contributed by atoms with Gasteiger partial charge in [-0.05, 0) is 49.4 Å². The van der Waals surface area contributed by atoms with E-state index in [0.29, 0.717) is 29.4 Å². The molecule has 0 aliphatic heterocycles. The predicted octanol–water partition coefficient (Wildman–Crippen LogP) is 3.35. The minimum atomic E-state index is -0.264. The Kier molecular flexibility index (Phi) is 5.25. The van der Waals surface area contributed by atoms with E-state index in [9.17, 15) is 4.79 Å². The van der Waals surface area contributed by atoms with Crippen LogP contribution in [0, 0.1) is 0 Å². The van der Waals surface area contributed by atoms with Crippen LogP contribution in [0.4, 0.5) is 5.69 Å². The van der Waals surface area contributed by atoms with Crippen LogP contribution in [-0.4, -0.2) is 26.7 Å².